The number of aliphatic hydroxyl groups is 7. The van der Waals surface area contributed by atoms with Gasteiger partial charge in [0.2, 0.25) is 0 Å². The van der Waals surface area contributed by atoms with E-state index < -0.39 is 89.7 Å². The highest BCUT2D eigenvalue weighted by atomic mass is 16.7. The second-order valence-corrected chi connectivity index (χ2v) is 15.7. The van der Waals surface area contributed by atoms with Gasteiger partial charge in [0.25, 0.3) is 0 Å². The monoisotopic (exact) mass is 682 g/mol. The van der Waals surface area contributed by atoms with Gasteiger partial charge in [-0.05, 0) is 75.2 Å². The second kappa shape index (κ2) is 12.6. The van der Waals surface area contributed by atoms with E-state index in [4.69, 9.17) is 23.7 Å². The summed E-state index contributed by atoms with van der Waals surface area (Å²) in [5.74, 6) is -1.13. The number of ether oxygens (including phenoxy) is 5. The third-order valence-corrected chi connectivity index (χ3v) is 13.5. The molecule has 270 valence electrons. The minimum atomic E-state index is -1.57. The van der Waals surface area contributed by atoms with Crippen LogP contribution in [0.2, 0.25) is 0 Å². The van der Waals surface area contributed by atoms with Crippen LogP contribution in [0, 0.1) is 34.5 Å². The van der Waals surface area contributed by atoms with Crippen LogP contribution in [0.4, 0.5) is 0 Å². The van der Waals surface area contributed by atoms with Crippen molar-refractivity contribution < 1.29 is 69.0 Å². The van der Waals surface area contributed by atoms with Crippen molar-refractivity contribution in [2.75, 3.05) is 13.2 Å². The molecule has 0 bridgehead atoms. The average molecular weight is 683 g/mol. The van der Waals surface area contributed by atoms with E-state index >= 15 is 0 Å². The van der Waals surface area contributed by atoms with Crippen LogP contribution in [0.25, 0.3) is 0 Å². The van der Waals surface area contributed by atoms with Crippen molar-refractivity contribution >= 4 is 12.3 Å². The summed E-state index contributed by atoms with van der Waals surface area (Å²) in [5, 5.41) is 75.7. The van der Waals surface area contributed by atoms with Crippen molar-refractivity contribution in [1.29, 1.82) is 0 Å². The molecule has 7 N–H and O–H groups in total. The van der Waals surface area contributed by atoms with Crippen molar-refractivity contribution in [3.63, 3.8) is 0 Å². The molecule has 0 spiro atoms. The Kier molecular flexibility index (Phi) is 9.14. The Morgan fingerprint density at radius 2 is 1.65 bits per heavy atom. The van der Waals surface area contributed by atoms with Gasteiger partial charge in [-0.3, -0.25) is 0 Å². The summed E-state index contributed by atoms with van der Waals surface area (Å²) >= 11 is 0. The molecule has 6 fully saturated rings. The van der Waals surface area contributed by atoms with E-state index in [0.717, 1.165) is 11.9 Å². The topological polar surface area (TPSA) is 222 Å². The lowest BCUT2D eigenvalue weighted by molar-refractivity contribution is -0.349. The third-order valence-electron chi connectivity index (χ3n) is 13.5. The van der Waals surface area contributed by atoms with E-state index in [2.05, 4.69) is 0 Å². The molecule has 14 nitrogen and oxygen atoms in total. The summed E-state index contributed by atoms with van der Waals surface area (Å²) in [4.78, 5) is 25.0. The van der Waals surface area contributed by atoms with E-state index in [1.165, 1.54) is 6.08 Å². The molecule has 2 saturated heterocycles. The van der Waals surface area contributed by atoms with Gasteiger partial charge >= 0.3 is 5.97 Å². The summed E-state index contributed by atoms with van der Waals surface area (Å²) in [6, 6.07) is 0. The SMILES string of the molecule is C[C@@H]1OC(O[C@H]2CC[C@@]3(C=O)[C@H](CC[C@@H]4[C@@H]3CC[C@]3(C)[C@@H](C5=CC(=O)OC5)C(O)C[C@]43O)C2)[C@@H](O)[C@H](O)C1O[C@@H]1OC[C@@H](O)[C@H](O)[C@H]1O. The molecule has 48 heavy (non-hydrogen) atoms. The summed E-state index contributed by atoms with van der Waals surface area (Å²) in [6.45, 7) is 3.48. The van der Waals surface area contributed by atoms with Crippen LogP contribution >= 0.6 is 0 Å². The van der Waals surface area contributed by atoms with Gasteiger partial charge in [-0.1, -0.05) is 6.92 Å². The summed E-state index contributed by atoms with van der Waals surface area (Å²) in [7, 11) is 0. The largest absolute Gasteiger partial charge is 0.458 e. The first-order valence-electron chi connectivity index (χ1n) is 17.5. The van der Waals surface area contributed by atoms with E-state index in [9.17, 15) is 45.3 Å². The fraction of sp³-hybridized carbons (Fsp3) is 0.882. The van der Waals surface area contributed by atoms with Gasteiger partial charge in [0.15, 0.2) is 12.6 Å². The van der Waals surface area contributed by atoms with Crippen LogP contribution in [-0.2, 0) is 33.3 Å². The fourth-order valence-corrected chi connectivity index (χ4v) is 11.0. The highest BCUT2D eigenvalue weighted by molar-refractivity contribution is 5.85. The quantitative estimate of drug-likeness (QED) is 0.102. The standard InChI is InChI=1S/C34H50O14/c1-15-29(48-30-27(41)25(39)22(37)13-45-30)26(40)28(42)31(46-15)47-18-5-8-33(14-35)17(10-18)3-4-20-19(33)6-7-32(2)24(16-9-23(38)44-12-16)21(36)11-34(20,32)43/h9,14-15,17-22,24-31,36-37,39-43H,3-8,10-13H2,1-2H3/t15-,17+,18-,19-,20+,21?,22+,24-,25-,26-,27+,28-,29?,30-,31?,32+,33+,34-/m0/s1. The maximum Gasteiger partial charge on any atom is 0.331 e. The highest BCUT2D eigenvalue weighted by Gasteiger charge is 2.71. The van der Waals surface area contributed by atoms with E-state index in [1.807, 2.05) is 6.92 Å². The van der Waals surface area contributed by atoms with Crippen molar-refractivity contribution in [1.82, 2.24) is 0 Å². The average Bonchev–Trinajstić information content (AvgIpc) is 3.57. The molecule has 14 heteroatoms. The molecule has 18 atom stereocenters. The number of hydrogen-bond donors (Lipinski definition) is 7. The lowest BCUT2D eigenvalue weighted by atomic mass is 9.43. The molecule has 3 unspecified atom stereocenters. The molecule has 7 aliphatic rings. The number of hydrogen-bond acceptors (Lipinski definition) is 14. The Balaban J connectivity index is 1.01. The van der Waals surface area contributed by atoms with Crippen LogP contribution in [0.5, 0.6) is 0 Å². The number of fused-ring (bicyclic) bond motifs is 5. The molecule has 0 aromatic carbocycles. The van der Waals surface area contributed by atoms with Crippen LogP contribution in [0.3, 0.4) is 0 Å². The summed E-state index contributed by atoms with van der Waals surface area (Å²) in [6.07, 6.45) is -6.02. The van der Waals surface area contributed by atoms with E-state index in [1.54, 1.807) is 6.92 Å². The van der Waals surface area contributed by atoms with Crippen LogP contribution < -0.4 is 0 Å². The normalized spacial score (nSPS) is 55.2. The zero-order valence-corrected chi connectivity index (χ0v) is 27.4. The maximum atomic E-state index is 13.1. The number of esters is 1. The Labute approximate surface area is 279 Å². The summed E-state index contributed by atoms with van der Waals surface area (Å²) < 4.78 is 28.4. The molecule has 7 rings (SSSR count). The number of rotatable bonds is 6. The smallest absolute Gasteiger partial charge is 0.331 e. The maximum absolute atomic E-state index is 13.1. The first-order valence-corrected chi connectivity index (χ1v) is 17.5. The van der Waals surface area contributed by atoms with Gasteiger partial charge in [-0.2, -0.15) is 0 Å². The first kappa shape index (κ1) is 34.9. The number of carbonyl (C=O) groups is 2. The molecule has 4 saturated carbocycles. The van der Waals surface area contributed by atoms with Gasteiger partial charge < -0.3 is 64.2 Å². The Morgan fingerprint density at radius 3 is 2.35 bits per heavy atom. The van der Waals surface area contributed by atoms with E-state index in [0.29, 0.717) is 44.9 Å². The summed E-state index contributed by atoms with van der Waals surface area (Å²) in [5.41, 5.74) is -1.82. The molecule has 3 heterocycles. The molecular formula is C34H50O14. The first-order chi connectivity index (χ1) is 22.7. The van der Waals surface area contributed by atoms with Crippen molar-refractivity contribution in [3.05, 3.63) is 11.6 Å². The van der Waals surface area contributed by atoms with Crippen LogP contribution in [-0.4, -0.2) is 134 Å². The lowest BCUT2D eigenvalue weighted by Crippen LogP contribution is -2.64. The molecular weight excluding hydrogens is 632 g/mol. The molecule has 3 aliphatic heterocycles. The fourth-order valence-electron chi connectivity index (χ4n) is 11.0. The minimum absolute atomic E-state index is 0.0282. The van der Waals surface area contributed by atoms with Crippen molar-refractivity contribution in [3.8, 4) is 0 Å². The number of carbonyl (C=O) groups excluding carboxylic acids is 2. The van der Waals surface area contributed by atoms with Crippen molar-refractivity contribution in [2.45, 2.75) is 138 Å². The predicted octanol–water partition coefficient (Wildman–Crippen LogP) is -0.931. The van der Waals surface area contributed by atoms with Gasteiger partial charge in [-0.25, -0.2) is 4.79 Å². The number of aliphatic hydroxyl groups excluding tert-OH is 6. The Bertz CT molecular complexity index is 1280. The predicted molar refractivity (Wildman–Crippen MR) is 161 cm³/mol. The zero-order valence-electron chi connectivity index (χ0n) is 27.4. The zero-order chi connectivity index (χ0) is 34.3. The second-order valence-electron chi connectivity index (χ2n) is 15.7. The van der Waals surface area contributed by atoms with Gasteiger partial charge in [0.05, 0.1) is 30.5 Å². The lowest BCUT2D eigenvalue weighted by Gasteiger charge is -2.63. The molecule has 0 amide bonds. The van der Waals surface area contributed by atoms with E-state index in [-0.39, 0.29) is 43.5 Å². The Morgan fingerprint density at radius 1 is 0.896 bits per heavy atom. The van der Waals surface area contributed by atoms with Crippen LogP contribution in [0.15, 0.2) is 11.6 Å². The number of aldehydes is 1. The highest BCUT2D eigenvalue weighted by Crippen LogP contribution is 2.69. The Hall–Kier alpha value is -1.56. The molecule has 0 aromatic heterocycles. The molecule has 0 aromatic rings. The van der Waals surface area contributed by atoms with Gasteiger partial charge in [-0.15, -0.1) is 0 Å². The molecule has 4 aliphatic carbocycles. The minimum Gasteiger partial charge on any atom is -0.458 e. The van der Waals surface area contributed by atoms with Gasteiger partial charge in [0, 0.05) is 29.2 Å². The van der Waals surface area contributed by atoms with Gasteiger partial charge in [0.1, 0.15) is 49.5 Å². The number of cyclic esters (lactones) is 1. The molecule has 0 radical (unpaired) electrons. The van der Waals surface area contributed by atoms with Crippen molar-refractivity contribution in [2.24, 2.45) is 34.5 Å². The van der Waals surface area contributed by atoms with Crippen LogP contribution in [0.1, 0.15) is 65.2 Å². The third kappa shape index (κ3) is 5.25.